The van der Waals surface area contributed by atoms with Gasteiger partial charge in [-0.15, -0.1) is 0 Å². The van der Waals surface area contributed by atoms with Crippen molar-refractivity contribution < 1.29 is 0 Å². The van der Waals surface area contributed by atoms with Crippen molar-refractivity contribution in [2.24, 2.45) is 0 Å². The molecule has 0 atom stereocenters. The fourth-order valence-corrected chi connectivity index (χ4v) is 0.430. The van der Waals surface area contributed by atoms with Crippen molar-refractivity contribution in [3.8, 4) is 0 Å². The van der Waals surface area contributed by atoms with Crippen LogP contribution in [0.5, 0.6) is 0 Å². The lowest BCUT2D eigenvalue weighted by Crippen LogP contribution is -2.12. The second kappa shape index (κ2) is 1.86. The van der Waals surface area contributed by atoms with E-state index in [2.05, 4.69) is 4.98 Å². The van der Waals surface area contributed by atoms with E-state index in [0.717, 1.165) is 0 Å². The summed E-state index contributed by atoms with van der Waals surface area (Å²) in [5.74, 6) is 0. The monoisotopic (exact) mass is 104 g/mol. The normalized spacial score (nSPS) is 9.00. The van der Waals surface area contributed by atoms with Crippen LogP contribution in [-0.2, 0) is 0 Å². The number of nitrogen functional groups attached to an aromatic ring is 1. The molecule has 0 spiro atoms. The van der Waals surface area contributed by atoms with E-state index in [9.17, 15) is 0 Å². The van der Waals surface area contributed by atoms with Gasteiger partial charge in [-0.1, -0.05) is 0 Å². The van der Waals surface area contributed by atoms with Gasteiger partial charge in [-0.05, 0) is 12.1 Å². The number of aromatic nitrogens is 1. The lowest BCUT2D eigenvalue weighted by Gasteiger charge is -1.93. The number of anilines is 1. The molecule has 0 saturated heterocycles. The van der Waals surface area contributed by atoms with Crippen LogP contribution >= 0.6 is 0 Å². The highest BCUT2D eigenvalue weighted by Gasteiger charge is 1.85. The minimum absolute atomic E-state index is 0.396. The third-order valence-corrected chi connectivity index (χ3v) is 0.871. The van der Waals surface area contributed by atoms with E-state index in [-0.39, 0.29) is 0 Å². The maximum absolute atomic E-state index is 5.33. The van der Waals surface area contributed by atoms with Crippen LogP contribution < -0.4 is 11.3 Å². The summed E-state index contributed by atoms with van der Waals surface area (Å²) in [4.78, 5) is 3.73. The molecular weight excluding hydrogens is 98.9 g/mol. The van der Waals surface area contributed by atoms with Crippen LogP contribution in [0.2, 0.25) is 0 Å². The molecule has 0 aliphatic heterocycles. The SMILES string of the molecule is [B]c1ncccc1N. The molecule has 1 aromatic rings. The lowest BCUT2D eigenvalue weighted by atomic mass is 10.0. The Morgan fingerprint density at radius 3 is 2.75 bits per heavy atom. The van der Waals surface area contributed by atoms with Crippen LogP contribution in [-0.4, -0.2) is 12.8 Å². The van der Waals surface area contributed by atoms with Gasteiger partial charge in [0.1, 0.15) is 7.85 Å². The van der Waals surface area contributed by atoms with Gasteiger partial charge in [0.2, 0.25) is 0 Å². The number of rotatable bonds is 0. The fourth-order valence-electron chi connectivity index (χ4n) is 0.430. The Morgan fingerprint density at radius 1 is 1.62 bits per heavy atom. The minimum Gasteiger partial charge on any atom is -0.398 e. The number of nitrogens with zero attached hydrogens (tertiary/aromatic N) is 1. The molecule has 1 heterocycles. The molecule has 8 heavy (non-hydrogen) atoms. The summed E-state index contributed by atoms with van der Waals surface area (Å²) in [5.41, 5.74) is 6.26. The largest absolute Gasteiger partial charge is 0.398 e. The van der Waals surface area contributed by atoms with Crippen LogP contribution in [0, 0.1) is 0 Å². The molecule has 0 aromatic carbocycles. The van der Waals surface area contributed by atoms with Gasteiger partial charge >= 0.3 is 0 Å². The highest BCUT2D eigenvalue weighted by molar-refractivity contribution is 6.33. The molecule has 0 amide bonds. The van der Waals surface area contributed by atoms with Crippen molar-refractivity contribution in [1.29, 1.82) is 0 Å². The third kappa shape index (κ3) is 0.806. The number of hydrogen-bond acceptors (Lipinski definition) is 2. The van der Waals surface area contributed by atoms with E-state index in [1.54, 1.807) is 18.3 Å². The van der Waals surface area contributed by atoms with Crippen molar-refractivity contribution in [3.63, 3.8) is 0 Å². The number of hydrogen-bond donors (Lipinski definition) is 1. The first-order valence-corrected chi connectivity index (χ1v) is 2.26. The third-order valence-electron chi connectivity index (χ3n) is 0.871. The molecule has 0 fully saturated rings. The van der Waals surface area contributed by atoms with Gasteiger partial charge in [-0.2, -0.15) is 0 Å². The van der Waals surface area contributed by atoms with Crippen LogP contribution in [0.15, 0.2) is 18.3 Å². The van der Waals surface area contributed by atoms with E-state index in [1.165, 1.54) is 0 Å². The van der Waals surface area contributed by atoms with Crippen LogP contribution in [0.3, 0.4) is 0 Å². The average molecular weight is 104 g/mol. The fraction of sp³-hybridized carbons (Fsp3) is 0. The molecule has 0 unspecified atom stereocenters. The zero-order valence-corrected chi connectivity index (χ0v) is 4.33. The van der Waals surface area contributed by atoms with E-state index in [1.807, 2.05) is 0 Å². The molecule has 2 nitrogen and oxygen atoms in total. The van der Waals surface area contributed by atoms with Crippen molar-refractivity contribution in [3.05, 3.63) is 18.3 Å². The van der Waals surface area contributed by atoms with Gasteiger partial charge in [0, 0.05) is 17.5 Å². The zero-order valence-electron chi connectivity index (χ0n) is 4.33. The van der Waals surface area contributed by atoms with E-state index in [4.69, 9.17) is 13.6 Å². The standard InChI is InChI=1S/C5H5BN2/c6-5-4(7)2-1-3-8-5/h1-3H,7H2. The summed E-state index contributed by atoms with van der Waals surface area (Å²) in [5, 5.41) is 0. The van der Waals surface area contributed by atoms with E-state index in [0.29, 0.717) is 11.3 Å². The molecule has 0 bridgehead atoms. The zero-order chi connectivity index (χ0) is 5.98. The quantitative estimate of drug-likeness (QED) is 0.449. The van der Waals surface area contributed by atoms with E-state index < -0.39 is 0 Å². The predicted molar refractivity (Wildman–Crippen MR) is 34.0 cm³/mol. The predicted octanol–water partition coefficient (Wildman–Crippen LogP) is -0.542. The minimum atomic E-state index is 0.396. The maximum Gasteiger partial charge on any atom is 0.144 e. The Bertz CT molecular complexity index is 167. The molecule has 2 radical (unpaired) electrons. The van der Waals surface area contributed by atoms with Gasteiger partial charge in [0.05, 0.1) is 0 Å². The Balaban J connectivity index is 3.13. The molecule has 0 aliphatic rings. The van der Waals surface area contributed by atoms with Gasteiger partial charge in [0.15, 0.2) is 0 Å². The summed E-state index contributed by atoms with van der Waals surface area (Å²) in [6.45, 7) is 0. The lowest BCUT2D eigenvalue weighted by molar-refractivity contribution is 1.39. The molecule has 2 N–H and O–H groups in total. The first-order chi connectivity index (χ1) is 3.80. The molecule has 1 aromatic heterocycles. The second-order valence-electron chi connectivity index (χ2n) is 1.48. The van der Waals surface area contributed by atoms with Gasteiger partial charge in [-0.25, -0.2) is 0 Å². The second-order valence-corrected chi connectivity index (χ2v) is 1.48. The Labute approximate surface area is 49.1 Å². The van der Waals surface area contributed by atoms with Gasteiger partial charge < -0.3 is 5.73 Å². The molecule has 0 saturated carbocycles. The van der Waals surface area contributed by atoms with Crippen molar-refractivity contribution in [2.45, 2.75) is 0 Å². The Kier molecular flexibility index (Phi) is 1.20. The van der Waals surface area contributed by atoms with Gasteiger partial charge in [0.25, 0.3) is 0 Å². The van der Waals surface area contributed by atoms with Crippen molar-refractivity contribution >= 4 is 19.1 Å². The average Bonchev–Trinajstić information content (AvgIpc) is 1.77. The molecular formula is C5H5BN2. The first kappa shape index (κ1) is 5.16. The Hall–Kier alpha value is -0.985. The van der Waals surface area contributed by atoms with Crippen LogP contribution in [0.25, 0.3) is 0 Å². The molecule has 38 valence electrons. The first-order valence-electron chi connectivity index (χ1n) is 2.26. The highest BCUT2D eigenvalue weighted by Crippen LogP contribution is 1.88. The van der Waals surface area contributed by atoms with Gasteiger partial charge in [-0.3, -0.25) is 4.98 Å². The smallest absolute Gasteiger partial charge is 0.144 e. The van der Waals surface area contributed by atoms with E-state index >= 15 is 0 Å². The Morgan fingerprint density at radius 2 is 2.38 bits per heavy atom. The summed E-state index contributed by atoms with van der Waals surface area (Å²) < 4.78 is 0. The summed E-state index contributed by atoms with van der Waals surface area (Å²) in [6.07, 6.45) is 1.60. The number of nitrogens with two attached hydrogens (primary N) is 1. The maximum atomic E-state index is 5.33. The number of pyridine rings is 1. The van der Waals surface area contributed by atoms with Crippen LogP contribution in [0.4, 0.5) is 5.69 Å². The van der Waals surface area contributed by atoms with Crippen molar-refractivity contribution in [1.82, 2.24) is 4.98 Å². The highest BCUT2D eigenvalue weighted by atomic mass is 14.7. The molecule has 3 heteroatoms. The summed E-state index contributed by atoms with van der Waals surface area (Å²) >= 11 is 0. The van der Waals surface area contributed by atoms with Crippen LogP contribution in [0.1, 0.15) is 0 Å². The summed E-state index contributed by atoms with van der Waals surface area (Å²) in [7, 11) is 5.28. The summed E-state index contributed by atoms with van der Waals surface area (Å²) in [6, 6.07) is 3.45. The molecule has 1 rings (SSSR count). The van der Waals surface area contributed by atoms with Crippen molar-refractivity contribution in [2.75, 3.05) is 5.73 Å². The topological polar surface area (TPSA) is 38.9 Å². The molecule has 0 aliphatic carbocycles.